The Morgan fingerprint density at radius 2 is 1.10 bits per heavy atom. The Morgan fingerprint density at radius 3 is 1.40 bits per heavy atom. The summed E-state index contributed by atoms with van der Waals surface area (Å²) in [6.07, 6.45) is 9.00. The summed E-state index contributed by atoms with van der Waals surface area (Å²) >= 11 is 0. The third kappa shape index (κ3) is 3.05. The summed E-state index contributed by atoms with van der Waals surface area (Å²) in [7, 11) is 2.65. The lowest BCUT2D eigenvalue weighted by Crippen LogP contribution is -2.23. The van der Waals surface area contributed by atoms with Gasteiger partial charge in [-0.25, -0.2) is 9.59 Å². The van der Waals surface area contributed by atoms with Crippen LogP contribution in [-0.2, 0) is 19.1 Å². The van der Waals surface area contributed by atoms with E-state index in [9.17, 15) is 9.59 Å². The first kappa shape index (κ1) is 15.1. The van der Waals surface area contributed by atoms with E-state index in [1.165, 1.54) is 39.9 Å². The molecule has 2 aliphatic carbocycles. The van der Waals surface area contributed by atoms with Gasteiger partial charge in [0, 0.05) is 0 Å². The first-order valence-corrected chi connectivity index (χ1v) is 7.59. The zero-order valence-corrected chi connectivity index (χ0v) is 12.4. The van der Waals surface area contributed by atoms with Crippen LogP contribution in [0.5, 0.6) is 0 Å². The standard InChI is InChI=1S/C16H24O4/c1-19-15(17)14(16(18)20-2)13(11-7-3-4-8-11)12-9-5-6-10-12/h11-12H,3-10H2,1-2H3. The molecule has 4 heteroatoms. The van der Waals surface area contributed by atoms with E-state index in [1.54, 1.807) is 0 Å². The number of carbonyl (C=O) groups excluding carboxylic acids is 2. The number of ether oxygens (including phenoxy) is 2. The van der Waals surface area contributed by atoms with E-state index in [-0.39, 0.29) is 5.57 Å². The van der Waals surface area contributed by atoms with Crippen LogP contribution in [0.2, 0.25) is 0 Å². The van der Waals surface area contributed by atoms with Gasteiger partial charge in [-0.15, -0.1) is 0 Å². The Morgan fingerprint density at radius 1 is 0.750 bits per heavy atom. The summed E-state index contributed by atoms with van der Waals surface area (Å²) in [5, 5.41) is 0. The van der Waals surface area contributed by atoms with Crippen LogP contribution < -0.4 is 0 Å². The van der Waals surface area contributed by atoms with E-state index in [1.807, 2.05) is 0 Å². The molecule has 2 saturated carbocycles. The predicted octanol–water partition coefficient (Wildman–Crippen LogP) is 3.01. The maximum atomic E-state index is 12.1. The second-order valence-electron chi connectivity index (χ2n) is 5.78. The van der Waals surface area contributed by atoms with Gasteiger partial charge < -0.3 is 9.47 Å². The lowest BCUT2D eigenvalue weighted by atomic mass is 9.82. The van der Waals surface area contributed by atoms with Crippen molar-refractivity contribution in [3.8, 4) is 0 Å². The lowest BCUT2D eigenvalue weighted by Gasteiger charge is -2.23. The average Bonchev–Trinajstić information content (AvgIpc) is 3.16. The summed E-state index contributed by atoms with van der Waals surface area (Å²) in [5.41, 5.74) is 1.20. The van der Waals surface area contributed by atoms with Crippen LogP contribution >= 0.6 is 0 Å². The normalized spacial score (nSPS) is 19.9. The van der Waals surface area contributed by atoms with Crippen molar-refractivity contribution in [3.63, 3.8) is 0 Å². The van der Waals surface area contributed by atoms with Crippen LogP contribution in [0.25, 0.3) is 0 Å². The topological polar surface area (TPSA) is 52.6 Å². The van der Waals surface area contributed by atoms with Gasteiger partial charge in [0.1, 0.15) is 5.57 Å². The van der Waals surface area contributed by atoms with Crippen molar-refractivity contribution in [1.82, 2.24) is 0 Å². The molecule has 112 valence electrons. The molecular weight excluding hydrogens is 256 g/mol. The van der Waals surface area contributed by atoms with E-state index in [2.05, 4.69) is 0 Å². The van der Waals surface area contributed by atoms with Gasteiger partial charge in [0.2, 0.25) is 0 Å². The molecule has 0 radical (unpaired) electrons. The van der Waals surface area contributed by atoms with Crippen molar-refractivity contribution < 1.29 is 19.1 Å². The maximum Gasteiger partial charge on any atom is 0.345 e. The minimum absolute atomic E-state index is 0.175. The Balaban J connectivity index is 2.43. The first-order chi connectivity index (χ1) is 9.69. The largest absolute Gasteiger partial charge is 0.465 e. The predicted molar refractivity (Wildman–Crippen MR) is 75.0 cm³/mol. The van der Waals surface area contributed by atoms with Crippen molar-refractivity contribution in [2.75, 3.05) is 14.2 Å². The number of esters is 2. The van der Waals surface area contributed by atoms with Gasteiger partial charge in [-0.1, -0.05) is 25.7 Å². The van der Waals surface area contributed by atoms with Gasteiger partial charge in [0.25, 0.3) is 0 Å². The fraction of sp³-hybridized carbons (Fsp3) is 0.750. The van der Waals surface area contributed by atoms with E-state index >= 15 is 0 Å². The number of hydrogen-bond donors (Lipinski definition) is 0. The molecular formula is C16H24O4. The molecule has 0 amide bonds. The van der Waals surface area contributed by atoms with Gasteiger partial charge in [-0.2, -0.15) is 0 Å². The number of methoxy groups -OCH3 is 2. The van der Waals surface area contributed by atoms with E-state index in [0.717, 1.165) is 31.3 Å². The monoisotopic (exact) mass is 280 g/mol. The van der Waals surface area contributed by atoms with Crippen molar-refractivity contribution >= 4 is 11.9 Å². The Hall–Kier alpha value is -1.32. The Kier molecular flexibility index (Phi) is 5.21. The molecule has 0 N–H and O–H groups in total. The van der Waals surface area contributed by atoms with Crippen molar-refractivity contribution in [1.29, 1.82) is 0 Å². The second kappa shape index (κ2) is 6.91. The van der Waals surface area contributed by atoms with E-state index in [4.69, 9.17) is 9.47 Å². The van der Waals surface area contributed by atoms with Gasteiger partial charge in [0.15, 0.2) is 0 Å². The SMILES string of the molecule is COC(=O)C(C(=O)OC)=C(C1CCCC1)C1CCCC1. The highest BCUT2D eigenvalue weighted by molar-refractivity contribution is 6.14. The molecule has 0 aromatic heterocycles. The van der Waals surface area contributed by atoms with Gasteiger partial charge in [0.05, 0.1) is 14.2 Å². The summed E-state index contributed by atoms with van der Waals surface area (Å²) in [6.45, 7) is 0. The molecule has 0 spiro atoms. The summed E-state index contributed by atoms with van der Waals surface area (Å²) < 4.78 is 9.68. The molecule has 2 fully saturated rings. The summed E-state index contributed by atoms with van der Waals surface area (Å²) in [6, 6.07) is 0. The number of allylic oxidation sites excluding steroid dienone is 1. The van der Waals surface area contributed by atoms with Crippen LogP contribution in [0.1, 0.15) is 51.4 Å². The van der Waals surface area contributed by atoms with Crippen molar-refractivity contribution in [3.05, 3.63) is 11.1 Å². The van der Waals surface area contributed by atoms with Crippen LogP contribution in [-0.4, -0.2) is 26.2 Å². The first-order valence-electron chi connectivity index (χ1n) is 7.59. The van der Waals surface area contributed by atoms with Crippen LogP contribution in [0.15, 0.2) is 11.1 Å². The Bertz CT molecular complexity index is 363. The molecule has 2 rings (SSSR count). The van der Waals surface area contributed by atoms with Gasteiger partial charge >= 0.3 is 11.9 Å². The molecule has 2 aliphatic rings. The molecule has 0 aromatic rings. The minimum Gasteiger partial charge on any atom is -0.465 e. The molecule has 20 heavy (non-hydrogen) atoms. The third-order valence-electron chi connectivity index (χ3n) is 4.66. The second-order valence-corrected chi connectivity index (χ2v) is 5.78. The van der Waals surface area contributed by atoms with Crippen LogP contribution in [0.3, 0.4) is 0 Å². The zero-order chi connectivity index (χ0) is 14.5. The Labute approximate surface area is 120 Å². The molecule has 0 heterocycles. The number of hydrogen-bond acceptors (Lipinski definition) is 4. The highest BCUT2D eigenvalue weighted by Crippen LogP contribution is 2.43. The van der Waals surface area contributed by atoms with Crippen molar-refractivity contribution in [2.24, 2.45) is 11.8 Å². The van der Waals surface area contributed by atoms with Crippen LogP contribution in [0, 0.1) is 11.8 Å². The minimum atomic E-state index is -0.536. The summed E-state index contributed by atoms with van der Waals surface area (Å²) in [4.78, 5) is 24.2. The number of rotatable bonds is 4. The molecule has 0 aromatic carbocycles. The lowest BCUT2D eigenvalue weighted by molar-refractivity contribution is -0.144. The maximum absolute atomic E-state index is 12.1. The molecule has 0 aliphatic heterocycles. The quantitative estimate of drug-likeness (QED) is 0.344. The van der Waals surface area contributed by atoms with E-state index < -0.39 is 11.9 Å². The highest BCUT2D eigenvalue weighted by Gasteiger charge is 2.35. The average molecular weight is 280 g/mol. The zero-order valence-electron chi connectivity index (χ0n) is 12.4. The van der Waals surface area contributed by atoms with E-state index in [0.29, 0.717) is 11.8 Å². The summed E-state index contributed by atoms with van der Waals surface area (Å²) in [5.74, 6) is -0.367. The molecule has 0 unspecified atom stereocenters. The van der Waals surface area contributed by atoms with Crippen LogP contribution in [0.4, 0.5) is 0 Å². The molecule has 0 atom stereocenters. The number of carbonyl (C=O) groups is 2. The molecule has 4 nitrogen and oxygen atoms in total. The third-order valence-corrected chi connectivity index (χ3v) is 4.66. The highest BCUT2D eigenvalue weighted by atomic mass is 16.5. The molecule has 0 saturated heterocycles. The smallest absolute Gasteiger partial charge is 0.345 e. The van der Waals surface area contributed by atoms with Gasteiger partial charge in [-0.3, -0.25) is 0 Å². The fourth-order valence-electron chi connectivity index (χ4n) is 3.74. The van der Waals surface area contributed by atoms with Crippen molar-refractivity contribution in [2.45, 2.75) is 51.4 Å². The van der Waals surface area contributed by atoms with Gasteiger partial charge in [-0.05, 0) is 43.1 Å². The molecule has 0 bridgehead atoms. The fourth-order valence-corrected chi connectivity index (χ4v) is 3.74.